The molecular formula is C23H28N4O3S. The van der Waals surface area contributed by atoms with E-state index in [1.807, 2.05) is 42.3 Å². The first kappa shape index (κ1) is 20.5. The van der Waals surface area contributed by atoms with Crippen LogP contribution < -0.4 is 9.64 Å². The predicted octanol–water partition coefficient (Wildman–Crippen LogP) is 2.75. The van der Waals surface area contributed by atoms with Gasteiger partial charge < -0.3 is 9.64 Å². The summed E-state index contributed by atoms with van der Waals surface area (Å²) in [5, 5.41) is -0.364. The minimum Gasteiger partial charge on any atom is -0.478 e. The Morgan fingerprint density at radius 3 is 2.71 bits per heavy atom. The van der Waals surface area contributed by atoms with E-state index in [1.165, 1.54) is 11.1 Å². The maximum atomic E-state index is 13.2. The van der Waals surface area contributed by atoms with Gasteiger partial charge in [0.05, 0.1) is 12.3 Å². The van der Waals surface area contributed by atoms with E-state index in [4.69, 9.17) is 4.74 Å². The standard InChI is InChI=1S/C23H28N4O3S/c1-2-30-23-7-3-6-22(25-23)26-15-18(16-26)31(28,29)27-13-10-17(11-14-27)19-8-9-21-20(19)5-4-12-24-21/h3-8,12,17-18H,2,9-11,13-16H2,1H3. The summed E-state index contributed by atoms with van der Waals surface area (Å²) in [6, 6.07) is 9.74. The zero-order valence-electron chi connectivity index (χ0n) is 17.8. The molecule has 3 aliphatic rings. The highest BCUT2D eigenvalue weighted by atomic mass is 32.2. The number of nitrogens with zero attached hydrogens (tertiary/aromatic N) is 4. The van der Waals surface area contributed by atoms with Gasteiger partial charge >= 0.3 is 0 Å². The second-order valence-electron chi connectivity index (χ2n) is 8.37. The average molecular weight is 441 g/mol. The summed E-state index contributed by atoms with van der Waals surface area (Å²) in [4.78, 5) is 10.9. The van der Waals surface area contributed by atoms with E-state index in [-0.39, 0.29) is 5.25 Å². The van der Waals surface area contributed by atoms with Crippen LogP contribution in [-0.2, 0) is 16.4 Å². The number of hydrogen-bond acceptors (Lipinski definition) is 6. The van der Waals surface area contributed by atoms with Crippen LogP contribution in [-0.4, -0.2) is 60.7 Å². The first-order chi connectivity index (χ1) is 15.1. The fraction of sp³-hybridized carbons (Fsp3) is 0.478. The summed E-state index contributed by atoms with van der Waals surface area (Å²) in [6.45, 7) is 4.62. The number of rotatable bonds is 6. The van der Waals surface area contributed by atoms with Crippen LogP contribution in [0.25, 0.3) is 5.57 Å². The van der Waals surface area contributed by atoms with Gasteiger partial charge in [-0.3, -0.25) is 4.98 Å². The lowest BCUT2D eigenvalue weighted by Gasteiger charge is -2.43. The lowest BCUT2D eigenvalue weighted by molar-refractivity contribution is 0.305. The van der Waals surface area contributed by atoms with Gasteiger partial charge in [-0.25, -0.2) is 12.7 Å². The molecule has 0 N–H and O–H groups in total. The maximum absolute atomic E-state index is 13.2. The molecule has 0 spiro atoms. The normalized spacial score (nSPS) is 20.3. The zero-order chi connectivity index (χ0) is 21.4. The molecule has 0 aromatic carbocycles. The summed E-state index contributed by atoms with van der Waals surface area (Å²) >= 11 is 0. The number of hydrogen-bond donors (Lipinski definition) is 0. The first-order valence-corrected chi connectivity index (χ1v) is 12.5. The summed E-state index contributed by atoms with van der Waals surface area (Å²) in [6.07, 6.45) is 6.75. The van der Waals surface area contributed by atoms with Crippen LogP contribution in [0.2, 0.25) is 0 Å². The summed E-state index contributed by atoms with van der Waals surface area (Å²) < 4.78 is 33.5. The zero-order valence-corrected chi connectivity index (χ0v) is 18.6. The van der Waals surface area contributed by atoms with Crippen molar-refractivity contribution in [2.45, 2.75) is 31.4 Å². The van der Waals surface area contributed by atoms with Crippen molar-refractivity contribution in [2.75, 3.05) is 37.7 Å². The molecule has 5 rings (SSSR count). The molecule has 0 radical (unpaired) electrons. The Morgan fingerprint density at radius 1 is 1.13 bits per heavy atom. The number of pyridine rings is 2. The largest absolute Gasteiger partial charge is 0.478 e. The molecule has 4 heterocycles. The third kappa shape index (κ3) is 3.83. The van der Waals surface area contributed by atoms with Crippen molar-refractivity contribution < 1.29 is 13.2 Å². The van der Waals surface area contributed by atoms with Crippen molar-refractivity contribution in [1.29, 1.82) is 0 Å². The number of allylic oxidation sites excluding steroid dienone is 2. The molecule has 0 atom stereocenters. The first-order valence-electron chi connectivity index (χ1n) is 11.0. The summed E-state index contributed by atoms with van der Waals surface area (Å²) in [5.41, 5.74) is 3.75. The molecule has 7 nitrogen and oxygen atoms in total. The second kappa shape index (κ2) is 8.24. The summed E-state index contributed by atoms with van der Waals surface area (Å²) in [7, 11) is -3.29. The topological polar surface area (TPSA) is 75.6 Å². The molecule has 2 saturated heterocycles. The van der Waals surface area contributed by atoms with E-state index in [1.54, 1.807) is 4.31 Å². The lowest BCUT2D eigenvalue weighted by Crippen LogP contribution is -2.59. The fourth-order valence-corrected chi connectivity index (χ4v) is 6.70. The van der Waals surface area contributed by atoms with E-state index >= 15 is 0 Å². The van der Waals surface area contributed by atoms with Gasteiger partial charge in [-0.2, -0.15) is 4.98 Å². The fourth-order valence-electron chi connectivity index (χ4n) is 4.82. The highest BCUT2D eigenvalue weighted by Crippen LogP contribution is 2.38. The Morgan fingerprint density at radius 2 is 1.94 bits per heavy atom. The quantitative estimate of drug-likeness (QED) is 0.688. The number of piperidine rings is 1. The smallest absolute Gasteiger partial charge is 0.220 e. The van der Waals surface area contributed by atoms with Crippen LogP contribution in [0.4, 0.5) is 5.82 Å². The van der Waals surface area contributed by atoms with Crippen molar-refractivity contribution in [3.63, 3.8) is 0 Å². The van der Waals surface area contributed by atoms with Gasteiger partial charge in [-0.1, -0.05) is 18.2 Å². The molecule has 2 aromatic heterocycles. The molecule has 0 saturated carbocycles. The van der Waals surface area contributed by atoms with Crippen molar-refractivity contribution in [3.8, 4) is 5.88 Å². The van der Waals surface area contributed by atoms with Gasteiger partial charge in [0.2, 0.25) is 15.9 Å². The molecule has 2 aromatic rings. The number of sulfonamides is 1. The van der Waals surface area contributed by atoms with Crippen LogP contribution in [0.3, 0.4) is 0 Å². The Hall–Kier alpha value is -2.45. The van der Waals surface area contributed by atoms with Gasteiger partial charge in [0, 0.05) is 44.9 Å². The van der Waals surface area contributed by atoms with Crippen LogP contribution in [0, 0.1) is 5.92 Å². The van der Waals surface area contributed by atoms with E-state index < -0.39 is 10.0 Å². The van der Waals surface area contributed by atoms with E-state index in [2.05, 4.69) is 22.1 Å². The van der Waals surface area contributed by atoms with Crippen LogP contribution >= 0.6 is 0 Å². The van der Waals surface area contributed by atoms with Gasteiger partial charge in [0.15, 0.2) is 0 Å². The minimum atomic E-state index is -3.29. The SMILES string of the molecule is CCOc1cccc(N2CC(S(=O)(=O)N3CCC(C4=CCc5ncccc54)CC3)C2)n1. The van der Waals surface area contributed by atoms with E-state index in [0.29, 0.717) is 44.6 Å². The molecule has 2 fully saturated rings. The minimum absolute atomic E-state index is 0.364. The molecular weight excluding hydrogens is 412 g/mol. The summed E-state index contributed by atoms with van der Waals surface area (Å²) in [5.74, 6) is 1.77. The Balaban J connectivity index is 1.18. The maximum Gasteiger partial charge on any atom is 0.220 e. The van der Waals surface area contributed by atoms with Crippen LogP contribution in [0.15, 0.2) is 42.6 Å². The molecule has 1 aliphatic carbocycles. The van der Waals surface area contributed by atoms with E-state index in [0.717, 1.165) is 30.8 Å². The van der Waals surface area contributed by atoms with Crippen molar-refractivity contribution in [3.05, 3.63) is 53.9 Å². The lowest BCUT2D eigenvalue weighted by atomic mass is 9.87. The van der Waals surface area contributed by atoms with Crippen molar-refractivity contribution in [2.24, 2.45) is 5.92 Å². The molecule has 8 heteroatoms. The van der Waals surface area contributed by atoms with Gasteiger partial charge in [0.1, 0.15) is 11.1 Å². The van der Waals surface area contributed by atoms with Gasteiger partial charge in [0.25, 0.3) is 0 Å². The Bertz CT molecular complexity index is 1090. The van der Waals surface area contributed by atoms with Crippen molar-refractivity contribution >= 4 is 21.4 Å². The van der Waals surface area contributed by atoms with E-state index in [9.17, 15) is 8.42 Å². The number of ether oxygens (including phenoxy) is 1. The van der Waals surface area contributed by atoms with Crippen LogP contribution in [0.5, 0.6) is 5.88 Å². The monoisotopic (exact) mass is 440 g/mol. The van der Waals surface area contributed by atoms with Crippen molar-refractivity contribution in [1.82, 2.24) is 14.3 Å². The molecule has 2 aliphatic heterocycles. The molecule has 0 unspecified atom stereocenters. The third-order valence-electron chi connectivity index (χ3n) is 6.56. The predicted molar refractivity (Wildman–Crippen MR) is 121 cm³/mol. The number of fused-ring (bicyclic) bond motifs is 1. The molecule has 0 amide bonds. The average Bonchev–Trinajstić information content (AvgIpc) is 3.17. The van der Waals surface area contributed by atoms with Crippen LogP contribution in [0.1, 0.15) is 31.0 Å². The number of aromatic nitrogens is 2. The van der Waals surface area contributed by atoms with Gasteiger partial charge in [-0.05, 0) is 49.0 Å². The highest BCUT2D eigenvalue weighted by Gasteiger charge is 2.42. The highest BCUT2D eigenvalue weighted by molar-refractivity contribution is 7.89. The Labute approximate surface area is 183 Å². The number of anilines is 1. The Kier molecular flexibility index (Phi) is 5.44. The van der Waals surface area contributed by atoms with Gasteiger partial charge in [-0.15, -0.1) is 0 Å². The molecule has 31 heavy (non-hydrogen) atoms. The molecule has 0 bridgehead atoms. The molecule has 164 valence electrons. The third-order valence-corrected chi connectivity index (χ3v) is 8.79. The second-order valence-corrected chi connectivity index (χ2v) is 10.6.